The molecule has 86 valence electrons. The van der Waals surface area contributed by atoms with Crippen molar-refractivity contribution in [2.75, 3.05) is 39.2 Å². The maximum absolute atomic E-state index is 3.25. The minimum absolute atomic E-state index is 0.357. The first-order valence-corrected chi connectivity index (χ1v) is 6.66. The Kier molecular flexibility index (Phi) is 6.83. The second-order valence-corrected chi connectivity index (χ2v) is 5.82. The molecule has 0 heterocycles. The molecule has 0 aromatic carbocycles. The highest BCUT2D eigenvalue weighted by molar-refractivity contribution is 7.98. The number of thioether (sulfide) groups is 1. The predicted molar refractivity (Wildman–Crippen MR) is 68.2 cm³/mol. The van der Waals surface area contributed by atoms with Gasteiger partial charge in [0.25, 0.3) is 0 Å². The Morgan fingerprint density at radius 3 is 2.43 bits per heavy atom. The summed E-state index contributed by atoms with van der Waals surface area (Å²) in [5.41, 5.74) is 0.357. The van der Waals surface area contributed by atoms with Crippen LogP contribution in [0.15, 0.2) is 0 Å². The average molecular weight is 218 g/mol. The maximum Gasteiger partial charge on any atom is 0.0155 e. The molecule has 0 saturated carbocycles. The number of hydrogen-bond donors (Lipinski definition) is 1. The third kappa shape index (κ3) is 5.89. The van der Waals surface area contributed by atoms with Crippen molar-refractivity contribution in [2.45, 2.75) is 26.8 Å². The molecule has 14 heavy (non-hydrogen) atoms. The second kappa shape index (κ2) is 6.70. The van der Waals surface area contributed by atoms with E-state index in [9.17, 15) is 0 Å². The van der Waals surface area contributed by atoms with Crippen molar-refractivity contribution in [3.63, 3.8) is 0 Å². The number of rotatable bonds is 7. The summed E-state index contributed by atoms with van der Waals surface area (Å²) in [5.74, 6) is 1.21. The summed E-state index contributed by atoms with van der Waals surface area (Å²) in [6, 6.07) is 0.668. The van der Waals surface area contributed by atoms with Crippen LogP contribution >= 0.6 is 11.8 Å². The smallest absolute Gasteiger partial charge is 0.0155 e. The Hall–Kier alpha value is 0.270. The van der Waals surface area contributed by atoms with E-state index in [0.717, 1.165) is 13.1 Å². The quantitative estimate of drug-likeness (QED) is 0.703. The Bertz CT molecular complexity index is 148. The molecule has 0 amide bonds. The summed E-state index contributed by atoms with van der Waals surface area (Å²) in [6.45, 7) is 9.14. The van der Waals surface area contributed by atoms with Gasteiger partial charge >= 0.3 is 0 Å². The molecule has 0 aliphatic rings. The number of hydrogen-bond acceptors (Lipinski definition) is 3. The van der Waals surface area contributed by atoms with E-state index in [4.69, 9.17) is 0 Å². The zero-order valence-corrected chi connectivity index (χ0v) is 11.4. The molecule has 1 unspecified atom stereocenters. The molecule has 0 fully saturated rings. The van der Waals surface area contributed by atoms with Gasteiger partial charge in [-0.05, 0) is 32.7 Å². The molecule has 1 N–H and O–H groups in total. The minimum Gasteiger partial charge on any atom is -0.319 e. The van der Waals surface area contributed by atoms with Crippen molar-refractivity contribution in [3.8, 4) is 0 Å². The molecule has 0 saturated heterocycles. The summed E-state index contributed by atoms with van der Waals surface area (Å²) < 4.78 is 0. The van der Waals surface area contributed by atoms with E-state index in [1.165, 1.54) is 5.75 Å². The Morgan fingerprint density at radius 1 is 1.43 bits per heavy atom. The van der Waals surface area contributed by atoms with Gasteiger partial charge in [-0.25, -0.2) is 0 Å². The molecule has 0 aromatic heterocycles. The van der Waals surface area contributed by atoms with Crippen LogP contribution in [0.5, 0.6) is 0 Å². The zero-order valence-electron chi connectivity index (χ0n) is 10.6. The van der Waals surface area contributed by atoms with E-state index in [1.54, 1.807) is 0 Å². The number of nitrogens with one attached hydrogen (secondary N) is 1. The third-order valence-corrected chi connectivity index (χ3v) is 3.31. The number of nitrogens with zero attached hydrogens (tertiary/aromatic N) is 1. The lowest BCUT2D eigenvalue weighted by Crippen LogP contribution is -2.42. The molecular weight excluding hydrogens is 192 g/mol. The normalized spacial score (nSPS) is 14.8. The standard InChI is InChI=1S/C11H26N2S/c1-10(7-14-6)13(5)9-11(2,3)8-12-4/h10,12H,7-9H2,1-6H3. The van der Waals surface area contributed by atoms with Crippen molar-refractivity contribution in [1.29, 1.82) is 0 Å². The van der Waals surface area contributed by atoms with Gasteiger partial charge in [-0.2, -0.15) is 11.8 Å². The highest BCUT2D eigenvalue weighted by atomic mass is 32.2. The van der Waals surface area contributed by atoms with E-state index in [2.05, 4.69) is 44.3 Å². The van der Waals surface area contributed by atoms with E-state index in [0.29, 0.717) is 11.5 Å². The van der Waals surface area contributed by atoms with Crippen molar-refractivity contribution >= 4 is 11.8 Å². The fourth-order valence-electron chi connectivity index (χ4n) is 1.73. The summed E-state index contributed by atoms with van der Waals surface area (Å²) in [5, 5.41) is 3.25. The summed E-state index contributed by atoms with van der Waals surface area (Å²) in [4.78, 5) is 2.45. The zero-order chi connectivity index (χ0) is 11.2. The van der Waals surface area contributed by atoms with Gasteiger partial charge in [-0.1, -0.05) is 13.8 Å². The first-order chi connectivity index (χ1) is 6.43. The summed E-state index contributed by atoms with van der Waals surface area (Å²) in [7, 11) is 4.24. The molecule has 0 radical (unpaired) electrons. The van der Waals surface area contributed by atoms with Crippen molar-refractivity contribution in [2.24, 2.45) is 5.41 Å². The van der Waals surface area contributed by atoms with Crippen LogP contribution in [0.4, 0.5) is 0 Å². The molecule has 0 aliphatic heterocycles. The highest BCUT2D eigenvalue weighted by Crippen LogP contribution is 2.17. The van der Waals surface area contributed by atoms with Crippen LogP contribution in [0, 0.1) is 5.41 Å². The Balaban J connectivity index is 3.96. The van der Waals surface area contributed by atoms with Crippen LogP contribution in [-0.4, -0.2) is 50.1 Å². The van der Waals surface area contributed by atoms with Crippen molar-refractivity contribution in [1.82, 2.24) is 10.2 Å². The van der Waals surface area contributed by atoms with Gasteiger partial charge in [0.15, 0.2) is 0 Å². The van der Waals surface area contributed by atoms with E-state index in [-0.39, 0.29) is 0 Å². The van der Waals surface area contributed by atoms with Gasteiger partial charge in [0.05, 0.1) is 0 Å². The molecule has 0 aromatic rings. The lowest BCUT2D eigenvalue weighted by atomic mass is 9.92. The first kappa shape index (κ1) is 14.3. The molecule has 0 aliphatic carbocycles. The summed E-state index contributed by atoms with van der Waals surface area (Å²) in [6.07, 6.45) is 2.17. The van der Waals surface area contributed by atoms with Crippen molar-refractivity contribution in [3.05, 3.63) is 0 Å². The van der Waals surface area contributed by atoms with Gasteiger partial charge in [0.1, 0.15) is 0 Å². The van der Waals surface area contributed by atoms with Crippen LogP contribution in [0.3, 0.4) is 0 Å². The molecule has 2 nitrogen and oxygen atoms in total. The van der Waals surface area contributed by atoms with Crippen LogP contribution < -0.4 is 5.32 Å². The topological polar surface area (TPSA) is 15.3 Å². The monoisotopic (exact) mass is 218 g/mol. The third-order valence-electron chi connectivity index (χ3n) is 2.49. The van der Waals surface area contributed by atoms with Gasteiger partial charge in [0, 0.05) is 24.9 Å². The maximum atomic E-state index is 3.25. The first-order valence-electron chi connectivity index (χ1n) is 5.26. The molecule has 0 rings (SSSR count). The summed E-state index contributed by atoms with van der Waals surface area (Å²) >= 11 is 1.92. The SMILES string of the molecule is CNCC(C)(C)CN(C)C(C)CSC. The van der Waals surface area contributed by atoms with E-state index < -0.39 is 0 Å². The second-order valence-electron chi connectivity index (χ2n) is 4.91. The van der Waals surface area contributed by atoms with Crippen LogP contribution in [0.2, 0.25) is 0 Å². The van der Waals surface area contributed by atoms with E-state index in [1.807, 2.05) is 18.8 Å². The Labute approximate surface area is 93.8 Å². The van der Waals surface area contributed by atoms with Crippen molar-refractivity contribution < 1.29 is 0 Å². The van der Waals surface area contributed by atoms with Crippen LogP contribution in [-0.2, 0) is 0 Å². The lowest BCUT2D eigenvalue weighted by molar-refractivity contribution is 0.178. The molecule has 0 spiro atoms. The Morgan fingerprint density at radius 2 is 2.00 bits per heavy atom. The molecule has 1 atom stereocenters. The van der Waals surface area contributed by atoms with Gasteiger partial charge in [0.2, 0.25) is 0 Å². The van der Waals surface area contributed by atoms with Gasteiger partial charge < -0.3 is 10.2 Å². The molecular formula is C11H26N2S. The van der Waals surface area contributed by atoms with Crippen LogP contribution in [0.1, 0.15) is 20.8 Å². The fraction of sp³-hybridized carbons (Fsp3) is 1.00. The fourth-order valence-corrected chi connectivity index (χ4v) is 2.47. The highest BCUT2D eigenvalue weighted by Gasteiger charge is 2.21. The molecule has 0 bridgehead atoms. The minimum atomic E-state index is 0.357. The average Bonchev–Trinajstić information content (AvgIpc) is 2.03. The lowest BCUT2D eigenvalue weighted by Gasteiger charge is -2.33. The molecule has 3 heteroatoms. The largest absolute Gasteiger partial charge is 0.319 e. The van der Waals surface area contributed by atoms with E-state index >= 15 is 0 Å². The van der Waals surface area contributed by atoms with Gasteiger partial charge in [-0.3, -0.25) is 0 Å². The van der Waals surface area contributed by atoms with Gasteiger partial charge in [-0.15, -0.1) is 0 Å². The predicted octanol–water partition coefficient (Wildman–Crippen LogP) is 1.92. The van der Waals surface area contributed by atoms with Crippen LogP contribution in [0.25, 0.3) is 0 Å².